The van der Waals surface area contributed by atoms with Crippen LogP contribution in [0.25, 0.3) is 0 Å². The Kier molecular flexibility index (Phi) is 4.59. The molecule has 0 atom stereocenters. The van der Waals surface area contributed by atoms with E-state index >= 15 is 0 Å². The molecule has 0 aliphatic carbocycles. The molecule has 0 heterocycles. The Labute approximate surface area is 113 Å². The number of carbonyl (C=O) groups excluding carboxylic acids is 1. The molecule has 0 bridgehead atoms. The number of nitrogens with zero attached hydrogens (tertiary/aromatic N) is 1. The number of halogens is 1. The number of amides is 1. The van der Waals surface area contributed by atoms with Crippen molar-refractivity contribution in [1.82, 2.24) is 10.2 Å². The summed E-state index contributed by atoms with van der Waals surface area (Å²) in [6.07, 6.45) is 0. The Morgan fingerprint density at radius 1 is 1.44 bits per heavy atom. The summed E-state index contributed by atoms with van der Waals surface area (Å²) in [5.41, 5.74) is 0.0755. The molecule has 0 aliphatic rings. The number of rotatable bonds is 4. The Bertz CT molecular complexity index is 445. The Balaban J connectivity index is 2.72. The smallest absolute Gasteiger partial charge is 0.255 e. The summed E-state index contributed by atoms with van der Waals surface area (Å²) in [6, 6.07) is 4.44. The van der Waals surface area contributed by atoms with Crippen LogP contribution in [-0.4, -0.2) is 42.1 Å². The van der Waals surface area contributed by atoms with Crippen molar-refractivity contribution in [1.29, 1.82) is 0 Å². The summed E-state index contributed by atoms with van der Waals surface area (Å²) in [7, 11) is 3.90. The van der Waals surface area contributed by atoms with E-state index in [9.17, 15) is 9.90 Å². The van der Waals surface area contributed by atoms with Gasteiger partial charge in [-0.3, -0.25) is 4.79 Å². The first kappa shape index (κ1) is 14.8. The second-order valence-corrected chi connectivity index (χ2v) is 5.49. The van der Waals surface area contributed by atoms with Crippen LogP contribution in [0.1, 0.15) is 24.2 Å². The zero-order chi connectivity index (χ0) is 13.9. The standard InChI is InChI=1S/C13H19ClN2O2/c1-13(2,16(3)4)8-15-12(18)10-6-5-9(14)7-11(10)17/h5-7,17H,8H2,1-4H3,(H,15,18). The molecule has 100 valence electrons. The number of nitrogens with one attached hydrogen (secondary N) is 1. The van der Waals surface area contributed by atoms with Gasteiger partial charge in [0.15, 0.2) is 0 Å². The molecule has 0 fully saturated rings. The second kappa shape index (κ2) is 5.59. The van der Waals surface area contributed by atoms with Crippen molar-refractivity contribution in [2.24, 2.45) is 0 Å². The fourth-order valence-corrected chi connectivity index (χ4v) is 1.41. The fourth-order valence-electron chi connectivity index (χ4n) is 1.25. The Morgan fingerprint density at radius 2 is 2.06 bits per heavy atom. The van der Waals surface area contributed by atoms with Crippen molar-refractivity contribution < 1.29 is 9.90 Å². The van der Waals surface area contributed by atoms with Crippen LogP contribution in [0.15, 0.2) is 18.2 Å². The maximum Gasteiger partial charge on any atom is 0.255 e. The second-order valence-electron chi connectivity index (χ2n) is 5.05. The van der Waals surface area contributed by atoms with Crippen molar-refractivity contribution in [3.63, 3.8) is 0 Å². The molecule has 0 aliphatic heterocycles. The Morgan fingerprint density at radius 3 is 2.56 bits per heavy atom. The number of carbonyl (C=O) groups is 1. The lowest BCUT2D eigenvalue weighted by molar-refractivity contribution is 0.0917. The molecule has 0 unspecified atom stereocenters. The van der Waals surface area contributed by atoms with E-state index < -0.39 is 0 Å². The number of phenolic OH excluding ortho intramolecular Hbond substituents is 1. The maximum absolute atomic E-state index is 11.9. The molecule has 18 heavy (non-hydrogen) atoms. The van der Waals surface area contributed by atoms with Crippen LogP contribution < -0.4 is 5.32 Å². The third-order valence-corrected chi connectivity index (χ3v) is 3.33. The van der Waals surface area contributed by atoms with Gasteiger partial charge in [-0.05, 0) is 46.1 Å². The molecule has 0 spiro atoms. The molecule has 4 nitrogen and oxygen atoms in total. The van der Waals surface area contributed by atoms with Gasteiger partial charge in [-0.2, -0.15) is 0 Å². The third kappa shape index (κ3) is 3.62. The maximum atomic E-state index is 11.9. The lowest BCUT2D eigenvalue weighted by Gasteiger charge is -2.32. The minimum absolute atomic E-state index is 0.109. The van der Waals surface area contributed by atoms with Crippen molar-refractivity contribution in [2.45, 2.75) is 19.4 Å². The van der Waals surface area contributed by atoms with E-state index in [1.807, 2.05) is 32.8 Å². The summed E-state index contributed by atoms with van der Waals surface area (Å²) in [5, 5.41) is 12.8. The molecular weight excluding hydrogens is 252 g/mol. The first-order valence-corrected chi connectivity index (χ1v) is 6.06. The molecule has 0 radical (unpaired) electrons. The highest BCUT2D eigenvalue weighted by Crippen LogP contribution is 2.21. The van der Waals surface area contributed by atoms with Crippen LogP contribution in [0, 0.1) is 0 Å². The van der Waals surface area contributed by atoms with Gasteiger partial charge in [-0.25, -0.2) is 0 Å². The summed E-state index contributed by atoms with van der Waals surface area (Å²) in [5.74, 6) is -0.415. The predicted octanol–water partition coefficient (Wildman–Crippen LogP) is 2.12. The molecule has 1 rings (SSSR count). The van der Waals surface area contributed by atoms with E-state index in [0.717, 1.165) is 0 Å². The zero-order valence-corrected chi connectivity index (χ0v) is 11.9. The number of benzene rings is 1. The molecule has 1 aromatic carbocycles. The molecule has 0 saturated carbocycles. The molecule has 1 amide bonds. The number of hydrogen-bond donors (Lipinski definition) is 2. The van der Waals surface area contributed by atoms with Gasteiger partial charge in [0, 0.05) is 17.1 Å². The van der Waals surface area contributed by atoms with E-state index in [1.54, 1.807) is 6.07 Å². The predicted molar refractivity (Wildman–Crippen MR) is 73.2 cm³/mol. The molecular formula is C13H19ClN2O2. The summed E-state index contributed by atoms with van der Waals surface area (Å²) >= 11 is 5.71. The highest BCUT2D eigenvalue weighted by atomic mass is 35.5. The SMILES string of the molecule is CN(C)C(C)(C)CNC(=O)c1ccc(Cl)cc1O. The van der Waals surface area contributed by atoms with Gasteiger partial charge in [0.25, 0.3) is 5.91 Å². The van der Waals surface area contributed by atoms with Gasteiger partial charge < -0.3 is 15.3 Å². The molecule has 0 aromatic heterocycles. The average molecular weight is 271 g/mol. The summed E-state index contributed by atoms with van der Waals surface area (Å²) < 4.78 is 0. The minimum atomic E-state index is -0.306. The van der Waals surface area contributed by atoms with Gasteiger partial charge in [-0.15, -0.1) is 0 Å². The van der Waals surface area contributed by atoms with E-state index in [-0.39, 0.29) is 22.8 Å². The van der Waals surface area contributed by atoms with Crippen LogP contribution in [0.5, 0.6) is 5.75 Å². The highest BCUT2D eigenvalue weighted by Gasteiger charge is 2.22. The van der Waals surface area contributed by atoms with E-state index in [0.29, 0.717) is 11.6 Å². The van der Waals surface area contributed by atoms with Crippen molar-refractivity contribution in [3.05, 3.63) is 28.8 Å². The molecule has 1 aromatic rings. The van der Waals surface area contributed by atoms with Gasteiger partial charge in [-0.1, -0.05) is 11.6 Å². The number of phenols is 1. The molecule has 2 N–H and O–H groups in total. The average Bonchev–Trinajstić information content (AvgIpc) is 2.25. The number of aromatic hydroxyl groups is 1. The fraction of sp³-hybridized carbons (Fsp3) is 0.462. The summed E-state index contributed by atoms with van der Waals surface area (Å²) in [4.78, 5) is 13.9. The van der Waals surface area contributed by atoms with Crippen LogP contribution in [0.3, 0.4) is 0 Å². The van der Waals surface area contributed by atoms with Crippen molar-refractivity contribution in [3.8, 4) is 5.75 Å². The monoisotopic (exact) mass is 270 g/mol. The molecule has 0 saturated heterocycles. The quantitative estimate of drug-likeness (QED) is 0.881. The van der Waals surface area contributed by atoms with Crippen LogP contribution in [0.2, 0.25) is 5.02 Å². The largest absolute Gasteiger partial charge is 0.507 e. The van der Waals surface area contributed by atoms with Crippen molar-refractivity contribution >= 4 is 17.5 Å². The highest BCUT2D eigenvalue weighted by molar-refractivity contribution is 6.30. The van der Waals surface area contributed by atoms with Gasteiger partial charge in [0.05, 0.1) is 5.56 Å². The minimum Gasteiger partial charge on any atom is -0.507 e. The summed E-state index contributed by atoms with van der Waals surface area (Å²) in [6.45, 7) is 4.53. The number of hydrogen-bond acceptors (Lipinski definition) is 3. The Hall–Kier alpha value is -1.26. The van der Waals surface area contributed by atoms with Gasteiger partial charge in [0.2, 0.25) is 0 Å². The third-order valence-electron chi connectivity index (χ3n) is 3.10. The lowest BCUT2D eigenvalue weighted by atomic mass is 10.0. The van der Waals surface area contributed by atoms with E-state index in [2.05, 4.69) is 5.32 Å². The zero-order valence-electron chi connectivity index (χ0n) is 11.1. The van der Waals surface area contributed by atoms with Crippen molar-refractivity contribution in [2.75, 3.05) is 20.6 Å². The van der Waals surface area contributed by atoms with Crippen LogP contribution >= 0.6 is 11.6 Å². The normalized spacial score (nSPS) is 11.7. The van der Waals surface area contributed by atoms with E-state index in [1.165, 1.54) is 12.1 Å². The van der Waals surface area contributed by atoms with Gasteiger partial charge >= 0.3 is 0 Å². The first-order valence-electron chi connectivity index (χ1n) is 5.68. The molecule has 5 heteroatoms. The number of likely N-dealkylation sites (N-methyl/N-ethyl adjacent to an activating group) is 1. The van der Waals surface area contributed by atoms with Crippen LogP contribution in [0.4, 0.5) is 0 Å². The van der Waals surface area contributed by atoms with Crippen LogP contribution in [-0.2, 0) is 0 Å². The topological polar surface area (TPSA) is 52.6 Å². The van der Waals surface area contributed by atoms with Gasteiger partial charge in [0.1, 0.15) is 5.75 Å². The van der Waals surface area contributed by atoms with E-state index in [4.69, 9.17) is 11.6 Å². The first-order chi connectivity index (χ1) is 8.24. The lowest BCUT2D eigenvalue weighted by Crippen LogP contribution is -2.48.